The fourth-order valence-corrected chi connectivity index (χ4v) is 3.31. The number of rotatable bonds is 4. The average molecular weight is 245 g/mol. The number of aryl methyl sites for hydroxylation is 1. The van der Waals surface area contributed by atoms with Crippen LogP contribution in [0.15, 0.2) is 5.03 Å². The van der Waals surface area contributed by atoms with Gasteiger partial charge >= 0.3 is 0 Å². The Morgan fingerprint density at radius 1 is 1.44 bits per heavy atom. The molecule has 92 valence electrons. The molecular weight excluding hydrogens is 226 g/mol. The smallest absolute Gasteiger partial charge is 0.197 e. The van der Waals surface area contributed by atoms with Gasteiger partial charge in [0.25, 0.3) is 0 Å². The van der Waals surface area contributed by atoms with E-state index in [-0.39, 0.29) is 22.5 Å². The molecule has 0 aliphatic rings. The number of sulfone groups is 1. The number of hydrogen-bond acceptors (Lipinski definition) is 4. The van der Waals surface area contributed by atoms with Gasteiger partial charge in [-0.15, -0.1) is 0 Å². The van der Waals surface area contributed by atoms with Crippen LogP contribution in [0.1, 0.15) is 38.9 Å². The molecular formula is C10H19N3O2S. The molecule has 1 aromatic heterocycles. The first-order chi connectivity index (χ1) is 7.31. The van der Waals surface area contributed by atoms with Crippen molar-refractivity contribution in [2.75, 3.05) is 11.5 Å². The molecule has 6 heteroatoms. The molecule has 0 atom stereocenters. The minimum atomic E-state index is -3.32. The first kappa shape index (κ1) is 13.0. The zero-order valence-corrected chi connectivity index (χ0v) is 11.0. The first-order valence-corrected chi connectivity index (χ1v) is 7.03. The van der Waals surface area contributed by atoms with Crippen LogP contribution in [-0.4, -0.2) is 24.0 Å². The Balaban J connectivity index is 3.42. The highest BCUT2D eigenvalue weighted by atomic mass is 32.2. The van der Waals surface area contributed by atoms with Gasteiger partial charge in [-0.25, -0.2) is 13.1 Å². The number of nitrogen functional groups attached to an aromatic ring is 1. The number of aromatic nitrogens is 2. The lowest BCUT2D eigenvalue weighted by atomic mass is 10.4. The first-order valence-electron chi connectivity index (χ1n) is 5.38. The van der Waals surface area contributed by atoms with Crippen LogP contribution in [0.3, 0.4) is 0 Å². The fraction of sp³-hybridized carbons (Fsp3) is 0.700. The van der Waals surface area contributed by atoms with Gasteiger partial charge in [0.15, 0.2) is 14.9 Å². The van der Waals surface area contributed by atoms with Crippen LogP contribution in [-0.2, 0) is 9.84 Å². The fourth-order valence-electron chi connectivity index (χ4n) is 1.56. The summed E-state index contributed by atoms with van der Waals surface area (Å²) in [5.41, 5.74) is 6.65. The van der Waals surface area contributed by atoms with Crippen LogP contribution in [0.4, 0.5) is 5.69 Å². The molecule has 16 heavy (non-hydrogen) atoms. The number of hydrogen-bond donors (Lipinski definition) is 1. The molecule has 0 saturated carbocycles. The zero-order chi connectivity index (χ0) is 12.5. The molecule has 1 aromatic rings. The van der Waals surface area contributed by atoms with Crippen LogP contribution in [0.2, 0.25) is 0 Å². The highest BCUT2D eigenvalue weighted by Gasteiger charge is 2.25. The second-order valence-corrected chi connectivity index (χ2v) is 6.19. The molecule has 5 nitrogen and oxygen atoms in total. The molecule has 0 fully saturated rings. The van der Waals surface area contributed by atoms with Crippen molar-refractivity contribution in [1.82, 2.24) is 9.78 Å². The van der Waals surface area contributed by atoms with Crippen LogP contribution < -0.4 is 5.73 Å². The summed E-state index contributed by atoms with van der Waals surface area (Å²) in [6, 6.07) is -0.0161. The van der Waals surface area contributed by atoms with Crippen LogP contribution in [0.5, 0.6) is 0 Å². The van der Waals surface area contributed by atoms with E-state index in [2.05, 4.69) is 5.10 Å². The largest absolute Gasteiger partial charge is 0.395 e. The maximum atomic E-state index is 12.1. The van der Waals surface area contributed by atoms with Gasteiger partial charge in [-0.1, -0.05) is 6.92 Å². The van der Waals surface area contributed by atoms with Crippen molar-refractivity contribution in [1.29, 1.82) is 0 Å². The van der Waals surface area contributed by atoms with E-state index in [0.29, 0.717) is 12.1 Å². The van der Waals surface area contributed by atoms with E-state index in [0.717, 1.165) is 0 Å². The molecule has 0 aliphatic carbocycles. The minimum absolute atomic E-state index is 0.0161. The van der Waals surface area contributed by atoms with Crippen molar-refractivity contribution in [3.05, 3.63) is 5.69 Å². The molecule has 0 unspecified atom stereocenters. The van der Waals surface area contributed by atoms with Gasteiger partial charge in [-0.05, 0) is 27.2 Å². The summed E-state index contributed by atoms with van der Waals surface area (Å²) >= 11 is 0. The second kappa shape index (κ2) is 4.45. The second-order valence-electron chi connectivity index (χ2n) is 4.16. The van der Waals surface area contributed by atoms with Gasteiger partial charge in [0.1, 0.15) is 0 Å². The van der Waals surface area contributed by atoms with Crippen LogP contribution in [0.25, 0.3) is 0 Å². The lowest BCUT2D eigenvalue weighted by Gasteiger charge is -2.11. The standard InChI is InChI=1S/C10H19N3O2S/c1-5-6-16(14,15)10-9(11)8(4)12-13(10)7(2)3/h7H,5-6,11H2,1-4H3. The molecule has 0 amide bonds. The van der Waals surface area contributed by atoms with Gasteiger partial charge in [0, 0.05) is 6.04 Å². The summed E-state index contributed by atoms with van der Waals surface area (Å²) < 4.78 is 25.6. The van der Waals surface area contributed by atoms with Crippen LogP contribution in [0, 0.1) is 6.92 Å². The Morgan fingerprint density at radius 2 is 2.00 bits per heavy atom. The summed E-state index contributed by atoms with van der Waals surface area (Å²) in [6.07, 6.45) is 0.574. The van der Waals surface area contributed by atoms with Gasteiger partial charge < -0.3 is 5.73 Å². The number of nitrogens with zero attached hydrogens (tertiary/aromatic N) is 2. The minimum Gasteiger partial charge on any atom is -0.395 e. The third kappa shape index (κ3) is 2.21. The highest BCUT2D eigenvalue weighted by molar-refractivity contribution is 7.91. The van der Waals surface area contributed by atoms with E-state index < -0.39 is 9.84 Å². The topological polar surface area (TPSA) is 78.0 Å². The van der Waals surface area contributed by atoms with Crippen molar-refractivity contribution in [3.63, 3.8) is 0 Å². The number of anilines is 1. The van der Waals surface area contributed by atoms with E-state index in [4.69, 9.17) is 5.73 Å². The molecule has 0 aromatic carbocycles. The van der Waals surface area contributed by atoms with Gasteiger partial charge in [-0.2, -0.15) is 5.10 Å². The van der Waals surface area contributed by atoms with Gasteiger partial charge in [0.2, 0.25) is 0 Å². The molecule has 1 heterocycles. The SMILES string of the molecule is CCCS(=O)(=O)c1c(N)c(C)nn1C(C)C. The molecule has 0 bridgehead atoms. The zero-order valence-electron chi connectivity index (χ0n) is 10.2. The summed E-state index contributed by atoms with van der Waals surface area (Å²) in [5.74, 6) is 0.106. The molecule has 2 N–H and O–H groups in total. The number of nitrogens with two attached hydrogens (primary N) is 1. The van der Waals surface area contributed by atoms with Crippen molar-refractivity contribution >= 4 is 15.5 Å². The molecule has 0 radical (unpaired) electrons. The maximum absolute atomic E-state index is 12.1. The van der Waals surface area contributed by atoms with Crippen molar-refractivity contribution < 1.29 is 8.42 Å². The van der Waals surface area contributed by atoms with Crippen molar-refractivity contribution in [2.45, 2.75) is 45.2 Å². The van der Waals surface area contributed by atoms with E-state index in [1.807, 2.05) is 20.8 Å². The molecule has 0 saturated heterocycles. The normalized spacial score (nSPS) is 12.3. The summed E-state index contributed by atoms with van der Waals surface area (Å²) in [7, 11) is -3.32. The molecule has 0 spiro atoms. The predicted molar refractivity (Wildman–Crippen MR) is 64.1 cm³/mol. The lowest BCUT2D eigenvalue weighted by molar-refractivity contribution is 0.477. The van der Waals surface area contributed by atoms with Crippen molar-refractivity contribution in [3.8, 4) is 0 Å². The Labute approximate surface area is 96.6 Å². The van der Waals surface area contributed by atoms with E-state index >= 15 is 0 Å². The average Bonchev–Trinajstić information content (AvgIpc) is 2.44. The summed E-state index contributed by atoms with van der Waals surface area (Å²) in [6.45, 7) is 7.32. The Hall–Kier alpha value is -1.04. The Kier molecular flexibility index (Phi) is 3.62. The molecule has 1 rings (SSSR count). The van der Waals surface area contributed by atoms with E-state index in [9.17, 15) is 8.42 Å². The third-order valence-corrected chi connectivity index (χ3v) is 4.28. The monoisotopic (exact) mass is 245 g/mol. The third-order valence-electron chi connectivity index (χ3n) is 2.34. The van der Waals surface area contributed by atoms with E-state index in [1.54, 1.807) is 6.92 Å². The predicted octanol–water partition coefficient (Wildman–Crippen LogP) is 1.54. The Morgan fingerprint density at radius 3 is 2.44 bits per heavy atom. The Bertz CT molecular complexity index is 474. The molecule has 0 aliphatic heterocycles. The highest BCUT2D eigenvalue weighted by Crippen LogP contribution is 2.26. The van der Waals surface area contributed by atoms with Crippen LogP contribution >= 0.6 is 0 Å². The van der Waals surface area contributed by atoms with E-state index in [1.165, 1.54) is 4.68 Å². The lowest BCUT2D eigenvalue weighted by Crippen LogP contribution is -2.16. The van der Waals surface area contributed by atoms with Crippen molar-refractivity contribution in [2.24, 2.45) is 0 Å². The van der Waals surface area contributed by atoms with Gasteiger partial charge in [0.05, 0.1) is 17.1 Å². The summed E-state index contributed by atoms with van der Waals surface area (Å²) in [5, 5.41) is 4.34. The summed E-state index contributed by atoms with van der Waals surface area (Å²) in [4.78, 5) is 0. The maximum Gasteiger partial charge on any atom is 0.197 e. The van der Waals surface area contributed by atoms with Gasteiger partial charge in [-0.3, -0.25) is 0 Å². The quantitative estimate of drug-likeness (QED) is 0.872.